The van der Waals surface area contributed by atoms with Gasteiger partial charge in [0.25, 0.3) is 5.91 Å². The Labute approximate surface area is 172 Å². The van der Waals surface area contributed by atoms with E-state index in [-0.39, 0.29) is 22.7 Å². The molecule has 8 nitrogen and oxygen atoms in total. The first-order valence-electron chi connectivity index (χ1n) is 9.42. The van der Waals surface area contributed by atoms with E-state index in [0.29, 0.717) is 23.2 Å². The van der Waals surface area contributed by atoms with Crippen molar-refractivity contribution in [2.24, 2.45) is 0 Å². The first-order chi connectivity index (χ1) is 14.4. The number of esters is 1. The van der Waals surface area contributed by atoms with Gasteiger partial charge >= 0.3 is 11.6 Å². The number of fused-ring (bicyclic) bond motifs is 1. The minimum Gasteiger partial charge on any atom is -0.493 e. The molecule has 0 unspecified atom stereocenters. The van der Waals surface area contributed by atoms with Gasteiger partial charge in [0.1, 0.15) is 5.58 Å². The van der Waals surface area contributed by atoms with E-state index in [1.54, 1.807) is 12.1 Å². The molecule has 0 aliphatic heterocycles. The van der Waals surface area contributed by atoms with Gasteiger partial charge in [-0.05, 0) is 36.8 Å². The van der Waals surface area contributed by atoms with Gasteiger partial charge in [0, 0.05) is 24.4 Å². The minimum atomic E-state index is -0.663. The number of hydrogen-bond donors (Lipinski definition) is 2. The van der Waals surface area contributed by atoms with E-state index < -0.39 is 17.5 Å². The average molecular weight is 410 g/mol. The van der Waals surface area contributed by atoms with Gasteiger partial charge in [-0.15, -0.1) is 0 Å². The van der Waals surface area contributed by atoms with Crippen LogP contribution in [0, 0.1) is 0 Å². The topological polar surface area (TPSA) is 107 Å². The summed E-state index contributed by atoms with van der Waals surface area (Å²) in [6.45, 7) is 3.88. The normalized spacial score (nSPS) is 10.5. The van der Waals surface area contributed by atoms with Crippen molar-refractivity contribution in [3.63, 3.8) is 0 Å². The van der Waals surface area contributed by atoms with Gasteiger partial charge < -0.3 is 24.5 Å². The van der Waals surface area contributed by atoms with E-state index >= 15 is 0 Å². The van der Waals surface area contributed by atoms with E-state index in [9.17, 15) is 14.4 Å². The van der Waals surface area contributed by atoms with Crippen LogP contribution in [0.2, 0.25) is 0 Å². The lowest BCUT2D eigenvalue weighted by atomic mass is 10.1. The van der Waals surface area contributed by atoms with Crippen LogP contribution in [0.4, 0.5) is 11.4 Å². The van der Waals surface area contributed by atoms with Crippen LogP contribution < -0.4 is 25.7 Å². The Bertz CT molecular complexity index is 1150. The van der Waals surface area contributed by atoms with Gasteiger partial charge in [-0.2, -0.15) is 0 Å². The van der Waals surface area contributed by atoms with Gasteiger partial charge in [0.2, 0.25) is 0 Å². The molecule has 2 N–H and O–H groups in total. The van der Waals surface area contributed by atoms with E-state index in [0.717, 1.165) is 6.42 Å². The van der Waals surface area contributed by atoms with Crippen molar-refractivity contribution in [3.8, 4) is 11.5 Å². The number of carbonyl (C=O) groups excluding carboxylic acids is 2. The summed E-state index contributed by atoms with van der Waals surface area (Å²) in [6.07, 6.45) is 0.830. The molecular formula is C22H22N2O6. The quantitative estimate of drug-likeness (QED) is 0.347. The molecule has 0 spiro atoms. The molecule has 0 atom stereocenters. The maximum absolute atomic E-state index is 12.8. The standard InChI is InChI=1S/C22H22N2O6/c1-4-11-23-19-15-7-5-6-8-16(15)30-22(27)20(19)24-21(26)14-9-10-17(29-13(2)25)18(12-14)28-3/h5-10,12,23H,4,11H2,1-3H3,(H,24,26). The summed E-state index contributed by atoms with van der Waals surface area (Å²) in [5, 5.41) is 6.52. The highest BCUT2D eigenvalue weighted by Crippen LogP contribution is 2.31. The van der Waals surface area contributed by atoms with Crippen LogP contribution in [0.15, 0.2) is 51.7 Å². The summed E-state index contributed by atoms with van der Waals surface area (Å²) >= 11 is 0. The maximum atomic E-state index is 12.8. The molecule has 0 bridgehead atoms. The molecule has 1 aromatic heterocycles. The molecular weight excluding hydrogens is 388 g/mol. The third-order valence-electron chi connectivity index (χ3n) is 4.28. The van der Waals surface area contributed by atoms with Crippen LogP contribution in [-0.2, 0) is 4.79 Å². The van der Waals surface area contributed by atoms with Crippen LogP contribution in [-0.4, -0.2) is 25.5 Å². The lowest BCUT2D eigenvalue weighted by molar-refractivity contribution is -0.132. The molecule has 1 heterocycles. The van der Waals surface area contributed by atoms with E-state index in [2.05, 4.69) is 10.6 Å². The Kier molecular flexibility index (Phi) is 6.36. The highest BCUT2D eigenvalue weighted by molar-refractivity contribution is 6.08. The lowest BCUT2D eigenvalue weighted by Crippen LogP contribution is -2.20. The third kappa shape index (κ3) is 4.43. The number of rotatable bonds is 7. The molecule has 156 valence electrons. The molecule has 0 aliphatic rings. The van der Waals surface area contributed by atoms with Crippen molar-refractivity contribution >= 4 is 34.2 Å². The molecule has 30 heavy (non-hydrogen) atoms. The summed E-state index contributed by atoms with van der Waals surface area (Å²) in [5.74, 6) is -0.638. The number of ether oxygens (including phenoxy) is 2. The summed E-state index contributed by atoms with van der Waals surface area (Å²) in [4.78, 5) is 36.6. The first kappa shape index (κ1) is 20.9. The molecule has 0 saturated carbocycles. The summed E-state index contributed by atoms with van der Waals surface area (Å²) in [5.41, 5.74) is 0.503. The van der Waals surface area contributed by atoms with E-state index in [1.165, 1.54) is 32.2 Å². The van der Waals surface area contributed by atoms with Gasteiger partial charge in [-0.25, -0.2) is 4.79 Å². The molecule has 2 aromatic carbocycles. The molecule has 0 aliphatic carbocycles. The van der Waals surface area contributed by atoms with Crippen LogP contribution in [0.1, 0.15) is 30.6 Å². The third-order valence-corrected chi connectivity index (χ3v) is 4.28. The van der Waals surface area contributed by atoms with Crippen LogP contribution in [0.3, 0.4) is 0 Å². The molecule has 8 heteroatoms. The summed E-state index contributed by atoms with van der Waals surface area (Å²) in [6, 6.07) is 11.4. The van der Waals surface area contributed by atoms with Crippen molar-refractivity contribution in [2.75, 3.05) is 24.3 Å². The molecule has 0 saturated heterocycles. The molecule has 0 radical (unpaired) electrons. The number of amides is 1. The largest absolute Gasteiger partial charge is 0.493 e. The van der Waals surface area contributed by atoms with E-state index in [1.807, 2.05) is 19.1 Å². The second-order valence-corrected chi connectivity index (χ2v) is 6.48. The second kappa shape index (κ2) is 9.13. The van der Waals surface area contributed by atoms with Crippen molar-refractivity contribution in [1.29, 1.82) is 0 Å². The van der Waals surface area contributed by atoms with Crippen LogP contribution >= 0.6 is 0 Å². The van der Waals surface area contributed by atoms with Crippen molar-refractivity contribution in [1.82, 2.24) is 0 Å². The van der Waals surface area contributed by atoms with Crippen molar-refractivity contribution < 1.29 is 23.5 Å². The van der Waals surface area contributed by atoms with Gasteiger partial charge in [-0.3, -0.25) is 9.59 Å². The number of hydrogen-bond acceptors (Lipinski definition) is 7. The number of carbonyl (C=O) groups is 2. The van der Waals surface area contributed by atoms with Crippen molar-refractivity contribution in [2.45, 2.75) is 20.3 Å². The fraction of sp³-hybridized carbons (Fsp3) is 0.227. The minimum absolute atomic E-state index is 0.0233. The number of methoxy groups -OCH3 is 1. The lowest BCUT2D eigenvalue weighted by Gasteiger charge is -2.14. The molecule has 1 amide bonds. The zero-order valence-corrected chi connectivity index (χ0v) is 16.9. The van der Waals surface area contributed by atoms with Gasteiger partial charge in [-0.1, -0.05) is 19.1 Å². The SMILES string of the molecule is CCCNc1c(NC(=O)c2ccc(OC(C)=O)c(OC)c2)c(=O)oc2ccccc12. The molecule has 0 fully saturated rings. The van der Waals surface area contributed by atoms with E-state index in [4.69, 9.17) is 13.9 Å². The number of benzene rings is 2. The number of anilines is 2. The zero-order chi connectivity index (χ0) is 21.7. The number of para-hydroxylation sites is 1. The predicted molar refractivity (Wildman–Crippen MR) is 114 cm³/mol. The average Bonchev–Trinajstić information content (AvgIpc) is 2.73. The Balaban J connectivity index is 1.99. The number of nitrogens with one attached hydrogen (secondary N) is 2. The maximum Gasteiger partial charge on any atom is 0.362 e. The zero-order valence-electron chi connectivity index (χ0n) is 16.9. The van der Waals surface area contributed by atoms with Crippen molar-refractivity contribution in [3.05, 3.63) is 58.4 Å². The van der Waals surface area contributed by atoms with Crippen LogP contribution in [0.5, 0.6) is 11.5 Å². The predicted octanol–water partition coefficient (Wildman–Crippen LogP) is 3.80. The Morgan fingerprint density at radius 3 is 2.53 bits per heavy atom. The Hall–Kier alpha value is -3.81. The fourth-order valence-electron chi connectivity index (χ4n) is 2.93. The highest BCUT2D eigenvalue weighted by atomic mass is 16.6. The Morgan fingerprint density at radius 2 is 1.83 bits per heavy atom. The first-order valence-corrected chi connectivity index (χ1v) is 9.42. The highest BCUT2D eigenvalue weighted by Gasteiger charge is 2.19. The smallest absolute Gasteiger partial charge is 0.362 e. The summed E-state index contributed by atoms with van der Waals surface area (Å²) < 4.78 is 15.6. The van der Waals surface area contributed by atoms with Crippen LogP contribution in [0.25, 0.3) is 11.0 Å². The second-order valence-electron chi connectivity index (χ2n) is 6.48. The molecule has 3 aromatic rings. The monoisotopic (exact) mass is 410 g/mol. The molecule has 3 rings (SSSR count). The van der Waals surface area contributed by atoms with Gasteiger partial charge in [0.15, 0.2) is 17.2 Å². The van der Waals surface area contributed by atoms with Gasteiger partial charge in [0.05, 0.1) is 12.8 Å². The fourth-order valence-corrected chi connectivity index (χ4v) is 2.93. The Morgan fingerprint density at radius 1 is 1.07 bits per heavy atom. The summed E-state index contributed by atoms with van der Waals surface area (Å²) in [7, 11) is 1.40.